The highest BCUT2D eigenvalue weighted by atomic mass is 32.2. The van der Waals surface area contributed by atoms with E-state index in [1.54, 1.807) is 28.9 Å². The molecule has 0 atom stereocenters. The van der Waals surface area contributed by atoms with Gasteiger partial charge < -0.3 is 4.74 Å². The van der Waals surface area contributed by atoms with Gasteiger partial charge in [-0.3, -0.25) is 0 Å². The molecule has 23 heavy (non-hydrogen) atoms. The SMILES string of the molecule is O=C(OC1CSCCCSC1)c1ccc(-n2[nH]nnc2=S)cc1. The fourth-order valence-electron chi connectivity index (χ4n) is 2.14. The average molecular weight is 369 g/mol. The summed E-state index contributed by atoms with van der Waals surface area (Å²) in [5, 5.41) is 10.0. The van der Waals surface area contributed by atoms with Crippen LogP contribution >= 0.6 is 35.7 Å². The van der Waals surface area contributed by atoms with Crippen molar-refractivity contribution in [1.82, 2.24) is 20.2 Å². The molecule has 1 N–H and O–H groups in total. The summed E-state index contributed by atoms with van der Waals surface area (Å²) in [5.41, 5.74) is 1.30. The second-order valence-electron chi connectivity index (χ2n) is 5.00. The van der Waals surface area contributed by atoms with Gasteiger partial charge in [0.15, 0.2) is 0 Å². The van der Waals surface area contributed by atoms with Gasteiger partial charge in [-0.25, -0.2) is 9.48 Å². The molecular formula is C14H16N4O2S3. The van der Waals surface area contributed by atoms with Gasteiger partial charge in [0.25, 0.3) is 0 Å². The Hall–Kier alpha value is -1.32. The molecule has 9 heteroatoms. The summed E-state index contributed by atoms with van der Waals surface area (Å²) in [4.78, 5) is 12.3. The van der Waals surface area contributed by atoms with Gasteiger partial charge >= 0.3 is 5.97 Å². The molecule has 2 heterocycles. The normalized spacial score (nSPS) is 16.5. The van der Waals surface area contributed by atoms with E-state index >= 15 is 0 Å². The zero-order chi connectivity index (χ0) is 16.1. The monoisotopic (exact) mass is 368 g/mol. The Bertz CT molecular complexity index is 705. The minimum atomic E-state index is -0.283. The molecule has 1 fully saturated rings. The van der Waals surface area contributed by atoms with E-state index in [0.717, 1.165) is 28.7 Å². The quantitative estimate of drug-likeness (QED) is 0.659. The zero-order valence-corrected chi connectivity index (χ0v) is 14.8. The van der Waals surface area contributed by atoms with E-state index in [0.29, 0.717) is 10.3 Å². The van der Waals surface area contributed by atoms with Crippen LogP contribution in [0.15, 0.2) is 24.3 Å². The van der Waals surface area contributed by atoms with Crippen LogP contribution in [-0.2, 0) is 4.74 Å². The molecule has 1 aliphatic heterocycles. The van der Waals surface area contributed by atoms with Crippen LogP contribution < -0.4 is 0 Å². The molecule has 0 amide bonds. The van der Waals surface area contributed by atoms with Gasteiger partial charge in [-0.1, -0.05) is 10.3 Å². The number of rotatable bonds is 3. The number of aromatic nitrogens is 4. The summed E-state index contributed by atoms with van der Waals surface area (Å²) in [5.74, 6) is 3.72. The summed E-state index contributed by atoms with van der Waals surface area (Å²) in [6.45, 7) is 0. The number of hydrogen-bond acceptors (Lipinski definition) is 7. The maximum atomic E-state index is 12.3. The Kier molecular flexibility index (Phi) is 5.74. The lowest BCUT2D eigenvalue weighted by molar-refractivity contribution is 0.0394. The molecule has 2 aromatic rings. The maximum Gasteiger partial charge on any atom is 0.338 e. The van der Waals surface area contributed by atoms with Gasteiger partial charge in [-0.15, -0.1) is 0 Å². The zero-order valence-electron chi connectivity index (χ0n) is 12.3. The first kappa shape index (κ1) is 16.5. The number of nitrogens with zero attached hydrogens (tertiary/aromatic N) is 3. The third-order valence-electron chi connectivity index (χ3n) is 3.29. The number of esters is 1. The van der Waals surface area contributed by atoms with Crippen LogP contribution in [0.2, 0.25) is 0 Å². The van der Waals surface area contributed by atoms with E-state index in [4.69, 9.17) is 17.0 Å². The number of ether oxygens (including phenoxy) is 1. The number of H-pyrrole nitrogens is 1. The third-order valence-corrected chi connectivity index (χ3v) is 5.93. The maximum absolute atomic E-state index is 12.3. The molecule has 0 saturated carbocycles. The van der Waals surface area contributed by atoms with E-state index in [1.165, 1.54) is 6.42 Å². The number of carbonyl (C=O) groups is 1. The van der Waals surface area contributed by atoms with Crippen LogP contribution in [0.5, 0.6) is 0 Å². The first-order valence-electron chi connectivity index (χ1n) is 7.21. The van der Waals surface area contributed by atoms with Gasteiger partial charge in [-0.2, -0.15) is 28.7 Å². The fraction of sp³-hybridized carbons (Fsp3) is 0.429. The van der Waals surface area contributed by atoms with Gasteiger partial charge in [0.1, 0.15) is 6.10 Å². The van der Waals surface area contributed by atoms with Crippen molar-refractivity contribution >= 4 is 41.7 Å². The van der Waals surface area contributed by atoms with Crippen LogP contribution in [0.3, 0.4) is 0 Å². The Labute approximate surface area is 147 Å². The Morgan fingerprint density at radius 3 is 2.57 bits per heavy atom. The number of tetrazole rings is 1. The summed E-state index contributed by atoms with van der Waals surface area (Å²) in [6.07, 6.45) is 1.20. The molecule has 0 spiro atoms. The lowest BCUT2D eigenvalue weighted by Gasteiger charge is -2.19. The number of benzene rings is 1. The first-order chi connectivity index (χ1) is 11.2. The first-order valence-corrected chi connectivity index (χ1v) is 9.93. The second kappa shape index (κ2) is 7.98. The summed E-state index contributed by atoms with van der Waals surface area (Å²) >= 11 is 8.75. The van der Waals surface area contributed by atoms with Crippen molar-refractivity contribution in [3.8, 4) is 5.69 Å². The van der Waals surface area contributed by atoms with Gasteiger partial charge in [0, 0.05) is 11.5 Å². The topological polar surface area (TPSA) is 72.8 Å². The van der Waals surface area contributed by atoms with Crippen LogP contribution in [0.4, 0.5) is 0 Å². The molecule has 0 unspecified atom stereocenters. The standard InChI is InChI=1S/C14H16N4O2S3/c19-13(20-12-8-22-6-1-7-23-9-12)10-2-4-11(5-3-10)18-14(21)15-16-17-18/h2-5,12H,1,6-9H2,(H,15,17,21). The summed E-state index contributed by atoms with van der Waals surface area (Å²) in [7, 11) is 0. The second-order valence-corrected chi connectivity index (χ2v) is 7.66. The highest BCUT2D eigenvalue weighted by Gasteiger charge is 2.18. The molecule has 1 aromatic heterocycles. The van der Waals surface area contributed by atoms with Crippen molar-refractivity contribution < 1.29 is 9.53 Å². The predicted molar refractivity (Wildman–Crippen MR) is 95.0 cm³/mol. The van der Waals surface area contributed by atoms with Crippen molar-refractivity contribution in [3.05, 3.63) is 34.6 Å². The highest BCUT2D eigenvalue weighted by molar-refractivity contribution is 8.00. The van der Waals surface area contributed by atoms with Crippen LogP contribution in [0.25, 0.3) is 5.69 Å². The van der Waals surface area contributed by atoms with Gasteiger partial charge in [0.2, 0.25) is 4.77 Å². The van der Waals surface area contributed by atoms with E-state index in [2.05, 4.69) is 15.5 Å². The van der Waals surface area contributed by atoms with Gasteiger partial charge in [0.05, 0.1) is 11.3 Å². The predicted octanol–water partition coefficient (Wildman–Crippen LogP) is 2.72. The lowest BCUT2D eigenvalue weighted by atomic mass is 10.2. The minimum Gasteiger partial charge on any atom is -0.457 e. The van der Waals surface area contributed by atoms with Crippen molar-refractivity contribution in [3.63, 3.8) is 0 Å². The number of aromatic amines is 1. The smallest absolute Gasteiger partial charge is 0.338 e. The molecule has 6 nitrogen and oxygen atoms in total. The molecule has 122 valence electrons. The number of hydrogen-bond donors (Lipinski definition) is 1. The minimum absolute atomic E-state index is 0.0251. The van der Waals surface area contributed by atoms with Crippen molar-refractivity contribution in [2.75, 3.05) is 23.0 Å². The molecule has 1 saturated heterocycles. The van der Waals surface area contributed by atoms with E-state index in [9.17, 15) is 4.79 Å². The van der Waals surface area contributed by atoms with Gasteiger partial charge in [-0.05, 0) is 54.4 Å². The van der Waals surface area contributed by atoms with Crippen molar-refractivity contribution in [2.24, 2.45) is 0 Å². The summed E-state index contributed by atoms with van der Waals surface area (Å²) < 4.78 is 7.53. The molecule has 0 radical (unpaired) electrons. The van der Waals surface area contributed by atoms with Crippen molar-refractivity contribution in [2.45, 2.75) is 12.5 Å². The third kappa shape index (κ3) is 4.36. The Morgan fingerprint density at radius 1 is 1.26 bits per heavy atom. The molecule has 1 aliphatic rings. The number of thioether (sulfide) groups is 2. The Morgan fingerprint density at radius 2 is 1.96 bits per heavy atom. The molecule has 3 rings (SSSR count). The fourth-order valence-corrected chi connectivity index (χ4v) is 4.59. The number of nitrogens with one attached hydrogen (secondary N) is 1. The molecule has 1 aromatic carbocycles. The van der Waals surface area contributed by atoms with Crippen LogP contribution in [0, 0.1) is 4.77 Å². The Balaban J connectivity index is 1.65. The van der Waals surface area contributed by atoms with Crippen molar-refractivity contribution in [1.29, 1.82) is 0 Å². The number of carbonyl (C=O) groups excluding carboxylic acids is 1. The van der Waals surface area contributed by atoms with E-state index < -0.39 is 0 Å². The van der Waals surface area contributed by atoms with E-state index in [-0.39, 0.29) is 12.1 Å². The highest BCUT2D eigenvalue weighted by Crippen LogP contribution is 2.19. The molecular weight excluding hydrogens is 352 g/mol. The molecule has 0 aliphatic carbocycles. The van der Waals surface area contributed by atoms with E-state index in [1.807, 2.05) is 23.5 Å². The van der Waals surface area contributed by atoms with Crippen LogP contribution in [-0.4, -0.2) is 55.3 Å². The largest absolute Gasteiger partial charge is 0.457 e. The lowest BCUT2D eigenvalue weighted by Crippen LogP contribution is -2.24. The van der Waals surface area contributed by atoms with Crippen LogP contribution in [0.1, 0.15) is 16.8 Å². The molecule has 0 bridgehead atoms. The summed E-state index contributed by atoms with van der Waals surface area (Å²) in [6, 6.07) is 7.02. The average Bonchev–Trinajstić information content (AvgIpc) is 2.96.